The number of guanidine groups is 1. The summed E-state index contributed by atoms with van der Waals surface area (Å²) in [4.78, 5) is 12.2. The number of hydrogen-bond acceptors (Lipinski definition) is 4. The number of aromatic amines is 1. The van der Waals surface area contributed by atoms with Crippen molar-refractivity contribution < 1.29 is 9.47 Å². The lowest BCUT2D eigenvalue weighted by Crippen LogP contribution is -2.22. The highest BCUT2D eigenvalue weighted by Crippen LogP contribution is 2.32. The van der Waals surface area contributed by atoms with Crippen LogP contribution in [-0.4, -0.2) is 29.1 Å². The maximum absolute atomic E-state index is 6.01. The summed E-state index contributed by atoms with van der Waals surface area (Å²) in [6, 6.07) is 11.7. The van der Waals surface area contributed by atoms with Crippen LogP contribution in [-0.2, 0) is 6.54 Å². The van der Waals surface area contributed by atoms with Gasteiger partial charge in [0.2, 0.25) is 0 Å². The number of nitrogens with one attached hydrogen (secondary N) is 2. The maximum Gasteiger partial charge on any atom is 0.193 e. The largest absolute Gasteiger partial charge is 0.490 e. The summed E-state index contributed by atoms with van der Waals surface area (Å²) in [5.74, 6) is 2.56. The Kier molecular flexibility index (Phi) is 6.04. The number of anilines is 1. The topological polar surface area (TPSA) is 97.6 Å². The monoisotopic (exact) mass is 479 g/mol. The Morgan fingerprint density at radius 2 is 2.04 bits per heavy atom. The molecular formula is C19H22IN5O2. The molecule has 0 bridgehead atoms. The number of H-pyrrole nitrogens is 1. The molecule has 2 aromatic carbocycles. The Hall–Kier alpha value is -2.49. The summed E-state index contributed by atoms with van der Waals surface area (Å²) in [5, 5.41) is 3.08. The average molecular weight is 479 g/mol. The Morgan fingerprint density at radius 1 is 1.22 bits per heavy atom. The van der Waals surface area contributed by atoms with Crippen molar-refractivity contribution in [1.82, 2.24) is 9.97 Å². The number of aryl methyl sites for hydroxylation is 1. The van der Waals surface area contributed by atoms with Gasteiger partial charge in [-0.15, -0.1) is 24.0 Å². The van der Waals surface area contributed by atoms with Gasteiger partial charge in [-0.2, -0.15) is 0 Å². The lowest BCUT2D eigenvalue weighted by Gasteiger charge is -2.10. The zero-order valence-corrected chi connectivity index (χ0v) is 17.3. The quantitative estimate of drug-likeness (QED) is 0.303. The molecule has 27 heavy (non-hydrogen) atoms. The summed E-state index contributed by atoms with van der Waals surface area (Å²) in [6.07, 6.45) is 0.873. The zero-order chi connectivity index (χ0) is 17.9. The number of para-hydroxylation sites is 1. The molecule has 0 atom stereocenters. The third kappa shape index (κ3) is 4.44. The van der Waals surface area contributed by atoms with Crippen LogP contribution in [0.25, 0.3) is 11.0 Å². The molecule has 1 aliphatic heterocycles. The van der Waals surface area contributed by atoms with Crippen molar-refractivity contribution in [2.45, 2.75) is 19.9 Å². The van der Waals surface area contributed by atoms with E-state index in [4.69, 9.17) is 15.2 Å². The molecule has 0 saturated carbocycles. The molecule has 0 radical (unpaired) electrons. The first-order valence-electron chi connectivity index (χ1n) is 8.60. The fraction of sp³-hybridized carbons (Fsp3) is 0.263. The number of rotatable bonds is 3. The van der Waals surface area contributed by atoms with Gasteiger partial charge in [-0.05, 0) is 30.7 Å². The molecule has 4 N–H and O–H groups in total. The Balaban J connectivity index is 0.00000210. The fourth-order valence-electron chi connectivity index (χ4n) is 2.89. The van der Waals surface area contributed by atoms with E-state index in [0.29, 0.717) is 31.5 Å². The minimum absolute atomic E-state index is 0. The SMILES string of the molecule is Cc1cccc2[nH]c(CN=C(N)Nc3ccc4c(c3)OCCCO4)nc12.I. The van der Waals surface area contributed by atoms with Crippen molar-refractivity contribution in [3.8, 4) is 11.5 Å². The Labute approximate surface area is 174 Å². The molecule has 2 heterocycles. The lowest BCUT2D eigenvalue weighted by atomic mass is 10.2. The summed E-state index contributed by atoms with van der Waals surface area (Å²) >= 11 is 0. The van der Waals surface area contributed by atoms with Gasteiger partial charge in [0.1, 0.15) is 12.4 Å². The third-order valence-electron chi connectivity index (χ3n) is 4.18. The van der Waals surface area contributed by atoms with Crippen LogP contribution in [0.15, 0.2) is 41.4 Å². The molecule has 0 saturated heterocycles. The number of hydrogen-bond donors (Lipinski definition) is 3. The van der Waals surface area contributed by atoms with E-state index in [9.17, 15) is 0 Å². The zero-order valence-electron chi connectivity index (χ0n) is 15.0. The molecule has 3 aromatic rings. The standard InChI is InChI=1S/C19H21N5O2.HI/c1-12-4-2-5-14-18(12)24-17(23-14)11-21-19(20)22-13-6-7-15-16(10-13)26-9-3-8-25-15;/h2,4-7,10H,3,8-9,11H2,1H3,(H,23,24)(H3,20,21,22);1H. The summed E-state index contributed by atoms with van der Waals surface area (Å²) < 4.78 is 11.3. The second-order valence-electron chi connectivity index (χ2n) is 6.19. The average Bonchev–Trinajstić information content (AvgIpc) is 2.92. The molecule has 7 nitrogen and oxygen atoms in total. The van der Waals surface area contributed by atoms with Crippen LogP contribution in [0, 0.1) is 6.92 Å². The molecular weight excluding hydrogens is 457 g/mol. The summed E-state index contributed by atoms with van der Waals surface area (Å²) in [6.45, 7) is 3.72. The van der Waals surface area contributed by atoms with E-state index in [1.54, 1.807) is 0 Å². The molecule has 0 amide bonds. The first-order valence-corrected chi connectivity index (χ1v) is 8.60. The van der Waals surface area contributed by atoms with Gasteiger partial charge in [0.05, 0.1) is 24.2 Å². The molecule has 0 unspecified atom stereocenters. The van der Waals surface area contributed by atoms with Crippen LogP contribution in [0.2, 0.25) is 0 Å². The lowest BCUT2D eigenvalue weighted by molar-refractivity contribution is 0.297. The number of aliphatic imine (C=N–C) groups is 1. The van der Waals surface area contributed by atoms with Crippen LogP contribution in [0.4, 0.5) is 5.69 Å². The highest BCUT2D eigenvalue weighted by Gasteiger charge is 2.11. The van der Waals surface area contributed by atoms with E-state index >= 15 is 0 Å². The van der Waals surface area contributed by atoms with Crippen molar-refractivity contribution >= 4 is 46.7 Å². The number of aromatic nitrogens is 2. The van der Waals surface area contributed by atoms with Crippen LogP contribution >= 0.6 is 24.0 Å². The Morgan fingerprint density at radius 3 is 2.85 bits per heavy atom. The van der Waals surface area contributed by atoms with E-state index in [1.807, 2.05) is 43.3 Å². The van der Waals surface area contributed by atoms with Crippen LogP contribution in [0.3, 0.4) is 0 Å². The molecule has 1 aliphatic rings. The minimum Gasteiger partial charge on any atom is -0.490 e. The van der Waals surface area contributed by atoms with Crippen LogP contribution in [0.5, 0.6) is 11.5 Å². The maximum atomic E-state index is 6.01. The molecule has 0 fully saturated rings. The van der Waals surface area contributed by atoms with E-state index in [-0.39, 0.29) is 24.0 Å². The molecule has 4 rings (SSSR count). The number of imidazole rings is 1. The van der Waals surface area contributed by atoms with E-state index in [0.717, 1.165) is 40.3 Å². The number of halogens is 1. The van der Waals surface area contributed by atoms with Gasteiger partial charge >= 0.3 is 0 Å². The van der Waals surface area contributed by atoms with Crippen LogP contribution < -0.4 is 20.5 Å². The number of ether oxygens (including phenoxy) is 2. The van der Waals surface area contributed by atoms with Gasteiger partial charge in [0.25, 0.3) is 0 Å². The first kappa shape index (κ1) is 19.3. The van der Waals surface area contributed by atoms with Gasteiger partial charge in [0.15, 0.2) is 17.5 Å². The van der Waals surface area contributed by atoms with Crippen molar-refractivity contribution in [2.24, 2.45) is 10.7 Å². The van der Waals surface area contributed by atoms with Crippen molar-refractivity contribution in [3.63, 3.8) is 0 Å². The van der Waals surface area contributed by atoms with E-state index in [2.05, 4.69) is 20.3 Å². The van der Waals surface area contributed by atoms with Crippen molar-refractivity contribution in [2.75, 3.05) is 18.5 Å². The number of fused-ring (bicyclic) bond motifs is 2. The number of benzene rings is 2. The summed E-state index contributed by atoms with van der Waals surface area (Å²) in [5.41, 5.74) is 9.91. The van der Waals surface area contributed by atoms with E-state index in [1.165, 1.54) is 0 Å². The first-order chi connectivity index (χ1) is 12.7. The Bertz CT molecular complexity index is 970. The minimum atomic E-state index is 0. The highest BCUT2D eigenvalue weighted by molar-refractivity contribution is 14.0. The van der Waals surface area contributed by atoms with Gasteiger partial charge in [-0.1, -0.05) is 12.1 Å². The second kappa shape index (κ2) is 8.47. The normalized spacial score (nSPS) is 13.7. The van der Waals surface area contributed by atoms with Crippen LogP contribution in [0.1, 0.15) is 17.8 Å². The molecule has 1 aromatic heterocycles. The van der Waals surface area contributed by atoms with E-state index < -0.39 is 0 Å². The highest BCUT2D eigenvalue weighted by atomic mass is 127. The number of nitrogens with two attached hydrogens (primary N) is 1. The van der Waals surface area contributed by atoms with Gasteiger partial charge in [-0.3, -0.25) is 0 Å². The second-order valence-corrected chi connectivity index (χ2v) is 6.19. The molecule has 0 aliphatic carbocycles. The fourth-order valence-corrected chi connectivity index (χ4v) is 2.89. The predicted molar refractivity (Wildman–Crippen MR) is 117 cm³/mol. The third-order valence-corrected chi connectivity index (χ3v) is 4.18. The van der Waals surface area contributed by atoms with Gasteiger partial charge < -0.3 is 25.5 Å². The summed E-state index contributed by atoms with van der Waals surface area (Å²) in [7, 11) is 0. The number of nitrogens with zero attached hydrogens (tertiary/aromatic N) is 2. The van der Waals surface area contributed by atoms with Crippen molar-refractivity contribution in [3.05, 3.63) is 47.8 Å². The van der Waals surface area contributed by atoms with Crippen molar-refractivity contribution in [1.29, 1.82) is 0 Å². The predicted octanol–water partition coefficient (Wildman–Crippen LogP) is 3.58. The molecule has 142 valence electrons. The van der Waals surface area contributed by atoms with Gasteiger partial charge in [-0.25, -0.2) is 9.98 Å². The molecule has 8 heteroatoms. The molecule has 0 spiro atoms. The smallest absolute Gasteiger partial charge is 0.193 e. The van der Waals surface area contributed by atoms with Gasteiger partial charge in [0, 0.05) is 18.2 Å².